The highest BCUT2D eigenvalue weighted by Crippen LogP contribution is 2.29. The van der Waals surface area contributed by atoms with E-state index < -0.39 is 5.97 Å². The number of aromatic nitrogens is 1. The van der Waals surface area contributed by atoms with Gasteiger partial charge in [0.05, 0.1) is 14.2 Å². The molecule has 3 rings (SSSR count). The summed E-state index contributed by atoms with van der Waals surface area (Å²) in [4.78, 5) is 24.7. The number of nitrogens with zero attached hydrogens (tertiary/aromatic N) is 1. The Kier molecular flexibility index (Phi) is 4.08. The second-order valence-corrected chi connectivity index (χ2v) is 5.41. The van der Waals surface area contributed by atoms with Gasteiger partial charge in [0.25, 0.3) is 0 Å². The number of hydrogen-bond donors (Lipinski definition) is 0. The first-order chi connectivity index (χ1) is 11.6. The number of fused-ring (bicyclic) bond motifs is 1. The quantitative estimate of drug-likeness (QED) is 0.546. The maximum absolute atomic E-state index is 12.9. The fraction of sp³-hybridized carbons (Fsp3) is 0.158. The van der Waals surface area contributed by atoms with E-state index in [1.807, 2.05) is 24.3 Å². The lowest BCUT2D eigenvalue weighted by Gasteiger charge is -2.09. The largest absolute Gasteiger partial charge is 0.496 e. The van der Waals surface area contributed by atoms with E-state index in [1.165, 1.54) is 7.11 Å². The van der Waals surface area contributed by atoms with E-state index in [2.05, 4.69) is 0 Å². The Hall–Kier alpha value is -3.08. The number of aryl methyl sites for hydroxylation is 1. The molecule has 0 bridgehead atoms. The lowest BCUT2D eigenvalue weighted by molar-refractivity contribution is 0.0590. The van der Waals surface area contributed by atoms with Crippen molar-refractivity contribution < 1.29 is 19.1 Å². The second kappa shape index (κ2) is 6.20. The zero-order chi connectivity index (χ0) is 17.3. The average molecular weight is 323 g/mol. The minimum atomic E-state index is -0.476. The molecule has 5 nitrogen and oxygen atoms in total. The molecule has 0 atom stereocenters. The van der Waals surface area contributed by atoms with Crippen molar-refractivity contribution >= 4 is 22.5 Å². The molecule has 0 aliphatic rings. The van der Waals surface area contributed by atoms with Crippen LogP contribution in [0.1, 0.15) is 26.4 Å². The van der Waals surface area contributed by atoms with Crippen LogP contribution >= 0.6 is 0 Å². The van der Waals surface area contributed by atoms with Gasteiger partial charge in [-0.15, -0.1) is 0 Å². The van der Waals surface area contributed by atoms with Crippen LogP contribution in [0, 0.1) is 0 Å². The minimum absolute atomic E-state index is 0.153. The summed E-state index contributed by atoms with van der Waals surface area (Å²) in [6.07, 6.45) is 1.63. The number of methoxy groups -OCH3 is 2. The number of hydrogen-bond acceptors (Lipinski definition) is 4. The van der Waals surface area contributed by atoms with Crippen LogP contribution in [0.4, 0.5) is 0 Å². The molecule has 1 aromatic heterocycles. The van der Waals surface area contributed by atoms with Crippen molar-refractivity contribution in [3.8, 4) is 5.75 Å². The first-order valence-corrected chi connectivity index (χ1v) is 7.42. The second-order valence-electron chi connectivity index (χ2n) is 5.41. The van der Waals surface area contributed by atoms with Gasteiger partial charge in [0.15, 0.2) is 5.78 Å². The Morgan fingerprint density at radius 2 is 1.71 bits per heavy atom. The molecule has 0 aliphatic carbocycles. The van der Waals surface area contributed by atoms with Gasteiger partial charge >= 0.3 is 5.97 Å². The van der Waals surface area contributed by atoms with Gasteiger partial charge in [0.2, 0.25) is 0 Å². The summed E-state index contributed by atoms with van der Waals surface area (Å²) in [6, 6.07) is 12.6. The molecular weight excluding hydrogens is 306 g/mol. The molecule has 0 radical (unpaired) electrons. The van der Waals surface area contributed by atoms with E-state index in [1.54, 1.807) is 43.1 Å². The lowest BCUT2D eigenvalue weighted by Crippen LogP contribution is -2.06. The molecule has 0 saturated heterocycles. The third-order valence-corrected chi connectivity index (χ3v) is 4.01. The van der Waals surface area contributed by atoms with Crippen molar-refractivity contribution in [2.24, 2.45) is 7.05 Å². The van der Waals surface area contributed by atoms with Crippen molar-refractivity contribution in [1.29, 1.82) is 0 Å². The monoisotopic (exact) mass is 323 g/mol. The standard InChI is InChI=1S/C19H17NO4/c1-20-11-12(10-16(20)19(22)24-3)18(21)15-8-9-17(23-2)14-7-5-4-6-13(14)15/h4-11H,1-3H3. The van der Waals surface area contributed by atoms with Gasteiger partial charge in [-0.1, -0.05) is 24.3 Å². The molecule has 5 heteroatoms. The van der Waals surface area contributed by atoms with E-state index in [9.17, 15) is 9.59 Å². The summed E-state index contributed by atoms with van der Waals surface area (Å²) < 4.78 is 11.7. The van der Waals surface area contributed by atoms with Gasteiger partial charge in [-0.2, -0.15) is 0 Å². The molecule has 0 fully saturated rings. The number of esters is 1. The smallest absolute Gasteiger partial charge is 0.354 e. The molecule has 0 unspecified atom stereocenters. The zero-order valence-corrected chi connectivity index (χ0v) is 13.7. The van der Waals surface area contributed by atoms with Crippen molar-refractivity contribution in [1.82, 2.24) is 4.57 Å². The van der Waals surface area contributed by atoms with Crippen LogP contribution in [0.5, 0.6) is 5.75 Å². The van der Waals surface area contributed by atoms with Crippen LogP contribution in [0.15, 0.2) is 48.7 Å². The van der Waals surface area contributed by atoms with Gasteiger partial charge < -0.3 is 14.0 Å². The zero-order valence-electron chi connectivity index (χ0n) is 13.7. The number of carbonyl (C=O) groups excluding carboxylic acids is 2. The van der Waals surface area contributed by atoms with Gasteiger partial charge in [-0.25, -0.2) is 4.79 Å². The number of ether oxygens (including phenoxy) is 2. The first-order valence-electron chi connectivity index (χ1n) is 7.42. The summed E-state index contributed by atoms with van der Waals surface area (Å²) in [5, 5.41) is 1.68. The summed E-state index contributed by atoms with van der Waals surface area (Å²) in [7, 11) is 4.62. The molecule has 3 aromatic rings. The van der Waals surface area contributed by atoms with Crippen molar-refractivity contribution in [2.45, 2.75) is 0 Å². The molecule has 0 N–H and O–H groups in total. The molecule has 2 aromatic carbocycles. The fourth-order valence-electron chi connectivity index (χ4n) is 2.80. The predicted molar refractivity (Wildman–Crippen MR) is 90.7 cm³/mol. The van der Waals surface area contributed by atoms with Crippen molar-refractivity contribution in [2.75, 3.05) is 14.2 Å². The molecule has 0 spiro atoms. The molecule has 0 amide bonds. The van der Waals surface area contributed by atoms with E-state index >= 15 is 0 Å². The summed E-state index contributed by atoms with van der Waals surface area (Å²) in [6.45, 7) is 0. The van der Waals surface area contributed by atoms with Crippen molar-refractivity contribution in [3.63, 3.8) is 0 Å². The SMILES string of the molecule is COC(=O)c1cc(C(=O)c2ccc(OC)c3ccccc23)cn1C. The lowest BCUT2D eigenvalue weighted by atomic mass is 9.98. The molecule has 0 aliphatic heterocycles. The van der Waals surface area contributed by atoms with E-state index in [0.29, 0.717) is 22.6 Å². The summed E-state index contributed by atoms with van der Waals surface area (Å²) in [5.41, 5.74) is 1.33. The highest BCUT2D eigenvalue weighted by atomic mass is 16.5. The third kappa shape index (κ3) is 2.54. The highest BCUT2D eigenvalue weighted by Gasteiger charge is 2.19. The first kappa shape index (κ1) is 15.8. The summed E-state index contributed by atoms with van der Waals surface area (Å²) >= 11 is 0. The van der Waals surface area contributed by atoms with Crippen LogP contribution in [-0.4, -0.2) is 30.5 Å². The van der Waals surface area contributed by atoms with E-state index in [-0.39, 0.29) is 5.78 Å². The van der Waals surface area contributed by atoms with Gasteiger partial charge in [-0.3, -0.25) is 4.79 Å². The maximum atomic E-state index is 12.9. The predicted octanol–water partition coefficient (Wildman–Crippen LogP) is 3.20. The fourth-order valence-corrected chi connectivity index (χ4v) is 2.80. The van der Waals surface area contributed by atoms with Gasteiger partial charge in [0.1, 0.15) is 11.4 Å². The van der Waals surface area contributed by atoms with Crippen LogP contribution in [0.2, 0.25) is 0 Å². The van der Waals surface area contributed by atoms with Crippen LogP contribution in [0.25, 0.3) is 10.8 Å². The molecule has 0 saturated carbocycles. The Balaban J connectivity index is 2.12. The minimum Gasteiger partial charge on any atom is -0.496 e. The Bertz CT molecular complexity index is 940. The van der Waals surface area contributed by atoms with Crippen LogP contribution in [0.3, 0.4) is 0 Å². The Morgan fingerprint density at radius 1 is 1.00 bits per heavy atom. The van der Waals surface area contributed by atoms with Crippen molar-refractivity contribution in [3.05, 3.63) is 65.5 Å². The van der Waals surface area contributed by atoms with Crippen LogP contribution in [-0.2, 0) is 11.8 Å². The molecule has 1 heterocycles. The number of ketones is 1. The average Bonchev–Trinajstić information content (AvgIpc) is 3.01. The molecule has 24 heavy (non-hydrogen) atoms. The highest BCUT2D eigenvalue weighted by molar-refractivity contribution is 6.17. The number of rotatable bonds is 4. The topological polar surface area (TPSA) is 57.5 Å². The normalized spacial score (nSPS) is 10.6. The number of carbonyl (C=O) groups is 2. The Morgan fingerprint density at radius 3 is 2.38 bits per heavy atom. The maximum Gasteiger partial charge on any atom is 0.354 e. The van der Waals surface area contributed by atoms with Crippen LogP contribution < -0.4 is 4.74 Å². The van der Waals surface area contributed by atoms with E-state index in [4.69, 9.17) is 9.47 Å². The number of benzene rings is 2. The summed E-state index contributed by atoms with van der Waals surface area (Å²) in [5.74, 6) is 0.0845. The molecule has 122 valence electrons. The van der Waals surface area contributed by atoms with Gasteiger partial charge in [-0.05, 0) is 23.6 Å². The van der Waals surface area contributed by atoms with Gasteiger partial charge in [0, 0.05) is 29.8 Å². The Labute approximate surface area is 139 Å². The van der Waals surface area contributed by atoms with E-state index in [0.717, 1.165) is 10.8 Å². The molecular formula is C19H17NO4. The third-order valence-electron chi connectivity index (χ3n) is 4.01.